The minimum atomic E-state index is 0.847. The highest BCUT2D eigenvalue weighted by atomic mass is 32.1. The van der Waals surface area contributed by atoms with Gasteiger partial charge < -0.3 is 4.98 Å². The summed E-state index contributed by atoms with van der Waals surface area (Å²) in [4.78, 5) is 3.00. The van der Waals surface area contributed by atoms with Crippen LogP contribution in [-0.2, 0) is 0 Å². The van der Waals surface area contributed by atoms with Crippen LogP contribution < -0.4 is 0 Å². The molecule has 1 N–H and O–H groups in total. The number of hydrogen-bond acceptors (Lipinski definition) is 1. The van der Waals surface area contributed by atoms with Crippen LogP contribution in [-0.4, -0.2) is 4.98 Å². The topological polar surface area (TPSA) is 15.8 Å². The summed E-state index contributed by atoms with van der Waals surface area (Å²) in [5.41, 5.74) is 1.04. The molecule has 0 aliphatic rings. The molecule has 0 spiro atoms. The maximum absolute atomic E-state index is 5.10. The Hall–Kier alpha value is -1.15. The van der Waals surface area contributed by atoms with Gasteiger partial charge in [-0.05, 0) is 12.1 Å². The third-order valence-corrected chi connectivity index (χ3v) is 1.94. The molecule has 11 heavy (non-hydrogen) atoms. The van der Waals surface area contributed by atoms with Gasteiger partial charge >= 0.3 is 0 Å². The van der Waals surface area contributed by atoms with E-state index in [0.29, 0.717) is 0 Å². The average Bonchev–Trinajstić information content (AvgIpc) is 2.06. The van der Waals surface area contributed by atoms with E-state index in [1.165, 1.54) is 0 Å². The molecule has 0 fully saturated rings. The molecule has 2 rings (SSSR count). The van der Waals surface area contributed by atoms with Gasteiger partial charge in [-0.15, -0.1) is 0 Å². The molecule has 1 aromatic heterocycles. The molecule has 0 amide bonds. The minimum absolute atomic E-state index is 0.847. The molecule has 1 heterocycles. The van der Waals surface area contributed by atoms with E-state index in [-0.39, 0.29) is 0 Å². The van der Waals surface area contributed by atoms with E-state index >= 15 is 0 Å². The van der Waals surface area contributed by atoms with Crippen LogP contribution in [0.3, 0.4) is 0 Å². The standard InChI is InChI=1S/C9H6NS/c11-9-5-6-10-8-4-2-1-3-7(8)9/h1-5H,(H,10,11). The van der Waals surface area contributed by atoms with Crippen molar-refractivity contribution in [3.63, 3.8) is 0 Å². The Kier molecular flexibility index (Phi) is 1.47. The number of fused-ring (bicyclic) bond motifs is 1. The molecule has 0 bridgehead atoms. The van der Waals surface area contributed by atoms with Crippen molar-refractivity contribution >= 4 is 23.1 Å². The van der Waals surface area contributed by atoms with Crippen LogP contribution in [0.1, 0.15) is 0 Å². The van der Waals surface area contributed by atoms with E-state index in [1.54, 1.807) is 6.07 Å². The predicted molar refractivity (Wildman–Crippen MR) is 48.0 cm³/mol. The molecule has 0 aliphatic carbocycles. The Morgan fingerprint density at radius 2 is 2.09 bits per heavy atom. The van der Waals surface area contributed by atoms with Gasteiger partial charge in [-0.25, -0.2) is 0 Å². The van der Waals surface area contributed by atoms with E-state index in [9.17, 15) is 0 Å². The van der Waals surface area contributed by atoms with Gasteiger partial charge in [0, 0.05) is 15.4 Å². The van der Waals surface area contributed by atoms with Crippen molar-refractivity contribution in [1.29, 1.82) is 0 Å². The molecule has 0 aliphatic heterocycles. The van der Waals surface area contributed by atoms with Gasteiger partial charge in [0.15, 0.2) is 0 Å². The van der Waals surface area contributed by atoms with Crippen molar-refractivity contribution in [1.82, 2.24) is 4.98 Å². The first-order valence-electron chi connectivity index (χ1n) is 3.36. The fourth-order valence-electron chi connectivity index (χ4n) is 1.06. The van der Waals surface area contributed by atoms with Crippen LogP contribution in [0.15, 0.2) is 30.3 Å². The van der Waals surface area contributed by atoms with Gasteiger partial charge in [0.2, 0.25) is 0 Å². The number of rotatable bonds is 0. The maximum atomic E-state index is 5.10. The summed E-state index contributed by atoms with van der Waals surface area (Å²) in [5.74, 6) is 0. The van der Waals surface area contributed by atoms with E-state index in [1.807, 2.05) is 24.3 Å². The first kappa shape index (κ1) is 6.55. The Morgan fingerprint density at radius 3 is 2.91 bits per heavy atom. The van der Waals surface area contributed by atoms with Crippen LogP contribution in [0.5, 0.6) is 0 Å². The SMILES string of the molecule is S=c1c[c][nH]c2ccccc12. The molecule has 2 aromatic rings. The molecular weight excluding hydrogens is 154 g/mol. The Balaban J connectivity index is 3.03. The number of para-hydroxylation sites is 1. The van der Waals surface area contributed by atoms with Gasteiger partial charge in [-0.2, -0.15) is 0 Å². The third kappa shape index (κ3) is 1.05. The van der Waals surface area contributed by atoms with Crippen molar-refractivity contribution in [3.8, 4) is 0 Å². The van der Waals surface area contributed by atoms with Crippen molar-refractivity contribution in [2.24, 2.45) is 0 Å². The lowest BCUT2D eigenvalue weighted by Gasteiger charge is -1.94. The van der Waals surface area contributed by atoms with Crippen LogP contribution in [0.25, 0.3) is 10.9 Å². The molecule has 0 atom stereocenters. The lowest BCUT2D eigenvalue weighted by molar-refractivity contribution is 1.39. The molecule has 1 radical (unpaired) electrons. The zero-order valence-electron chi connectivity index (χ0n) is 5.79. The summed E-state index contributed by atoms with van der Waals surface area (Å²) in [5, 5.41) is 1.08. The smallest absolute Gasteiger partial charge is 0.0638 e. The largest absolute Gasteiger partial charge is 0.353 e. The lowest BCUT2D eigenvalue weighted by Crippen LogP contribution is -1.76. The van der Waals surface area contributed by atoms with Crippen molar-refractivity contribution in [3.05, 3.63) is 41.0 Å². The van der Waals surface area contributed by atoms with E-state index in [2.05, 4.69) is 11.2 Å². The van der Waals surface area contributed by atoms with Crippen LogP contribution >= 0.6 is 12.2 Å². The third-order valence-electron chi connectivity index (χ3n) is 1.60. The summed E-state index contributed by atoms with van der Waals surface area (Å²) in [6, 6.07) is 9.72. The Labute approximate surface area is 69.7 Å². The van der Waals surface area contributed by atoms with Gasteiger partial charge in [-0.3, -0.25) is 0 Å². The first-order chi connectivity index (χ1) is 5.38. The summed E-state index contributed by atoms with van der Waals surface area (Å²) in [6.45, 7) is 0. The van der Waals surface area contributed by atoms with E-state index in [4.69, 9.17) is 12.2 Å². The second-order valence-corrected chi connectivity index (χ2v) is 2.76. The zero-order valence-corrected chi connectivity index (χ0v) is 6.61. The molecule has 2 heteroatoms. The lowest BCUT2D eigenvalue weighted by atomic mass is 10.2. The minimum Gasteiger partial charge on any atom is -0.353 e. The molecule has 0 unspecified atom stereocenters. The summed E-state index contributed by atoms with van der Waals surface area (Å²) in [6.07, 6.45) is 2.87. The highest BCUT2D eigenvalue weighted by Gasteiger charge is 1.90. The first-order valence-corrected chi connectivity index (χ1v) is 3.77. The molecule has 1 aromatic carbocycles. The number of aromatic nitrogens is 1. The predicted octanol–water partition coefficient (Wildman–Crippen LogP) is 2.70. The Morgan fingerprint density at radius 1 is 1.27 bits per heavy atom. The number of hydrogen-bond donors (Lipinski definition) is 1. The second-order valence-electron chi connectivity index (χ2n) is 2.32. The van der Waals surface area contributed by atoms with Crippen molar-refractivity contribution in [2.75, 3.05) is 0 Å². The average molecular weight is 160 g/mol. The summed E-state index contributed by atoms with van der Waals surface area (Å²) in [7, 11) is 0. The van der Waals surface area contributed by atoms with Gasteiger partial charge in [0.25, 0.3) is 0 Å². The van der Waals surface area contributed by atoms with Crippen molar-refractivity contribution < 1.29 is 0 Å². The van der Waals surface area contributed by atoms with Gasteiger partial charge in [0.05, 0.1) is 6.20 Å². The van der Waals surface area contributed by atoms with Gasteiger partial charge in [-0.1, -0.05) is 30.4 Å². The monoisotopic (exact) mass is 160 g/mol. The molecule has 0 saturated heterocycles. The van der Waals surface area contributed by atoms with Crippen LogP contribution in [0.4, 0.5) is 0 Å². The van der Waals surface area contributed by atoms with Crippen molar-refractivity contribution in [2.45, 2.75) is 0 Å². The summed E-state index contributed by atoms with van der Waals surface area (Å²) >= 11 is 5.10. The highest BCUT2D eigenvalue weighted by Crippen LogP contribution is 2.10. The fourth-order valence-corrected chi connectivity index (χ4v) is 1.30. The molecule has 0 saturated carbocycles. The number of H-pyrrole nitrogens is 1. The zero-order chi connectivity index (χ0) is 7.68. The van der Waals surface area contributed by atoms with Crippen LogP contribution in [0.2, 0.25) is 0 Å². The highest BCUT2D eigenvalue weighted by molar-refractivity contribution is 7.71. The second kappa shape index (κ2) is 2.47. The van der Waals surface area contributed by atoms with Crippen LogP contribution in [0, 0.1) is 10.7 Å². The number of pyridine rings is 1. The van der Waals surface area contributed by atoms with E-state index in [0.717, 1.165) is 15.4 Å². The quantitative estimate of drug-likeness (QED) is 0.586. The fraction of sp³-hybridized carbons (Fsp3) is 0. The Bertz CT molecular complexity index is 425. The van der Waals surface area contributed by atoms with E-state index < -0.39 is 0 Å². The molecule has 1 nitrogen and oxygen atoms in total. The maximum Gasteiger partial charge on any atom is 0.0638 e. The summed E-state index contributed by atoms with van der Waals surface area (Å²) < 4.78 is 0.847. The number of aromatic amines is 1. The normalized spacial score (nSPS) is 10.2. The van der Waals surface area contributed by atoms with Gasteiger partial charge in [0.1, 0.15) is 0 Å². The molecular formula is C9H6NS. The number of benzene rings is 1. The number of nitrogens with one attached hydrogen (secondary N) is 1. The molecule has 53 valence electrons.